The molecular formula is C36H37N5O4S. The molecule has 1 aromatic heterocycles. The van der Waals surface area contributed by atoms with Crippen molar-refractivity contribution in [1.29, 1.82) is 0 Å². The number of nitrogens with zero attached hydrogens (tertiary/aromatic N) is 2. The summed E-state index contributed by atoms with van der Waals surface area (Å²) in [5, 5.41) is 23.0. The fourth-order valence-corrected chi connectivity index (χ4v) is 6.39. The molecule has 9 nitrogen and oxygen atoms in total. The van der Waals surface area contributed by atoms with Gasteiger partial charge in [0, 0.05) is 30.3 Å². The zero-order valence-corrected chi connectivity index (χ0v) is 26.3. The number of H-pyrrole nitrogens is 1. The van der Waals surface area contributed by atoms with E-state index in [1.807, 2.05) is 78.9 Å². The standard InChI is InChI=1S/C36H37N5O4S/c1-24-32(22-46-36-39-23-40-41-36)44-34(45-33(24)29-12-10-26(21-42)11-13-29)30-16-14-28(15-17-30)31-9-5-8-27(18-31)20-38-35(43)37-19-25-6-3-2-4-7-25/h2-18,23-24,32-34,42H,19-22H2,1H3,(H2,37,38,43)(H,39,40,41)/t24-,32+,33+,34+/m1/s1. The third-order valence-electron chi connectivity index (χ3n) is 8.09. The van der Waals surface area contributed by atoms with Crippen molar-refractivity contribution in [2.24, 2.45) is 5.92 Å². The Hall–Kier alpha value is -4.48. The quantitative estimate of drug-likeness (QED) is 0.122. The number of hydrogen-bond donors (Lipinski definition) is 4. The van der Waals surface area contributed by atoms with Crippen LogP contribution in [0.5, 0.6) is 0 Å². The smallest absolute Gasteiger partial charge is 0.315 e. The monoisotopic (exact) mass is 635 g/mol. The van der Waals surface area contributed by atoms with Gasteiger partial charge in [-0.1, -0.05) is 116 Å². The van der Waals surface area contributed by atoms with Gasteiger partial charge in [-0.3, -0.25) is 5.10 Å². The molecule has 5 aromatic rings. The van der Waals surface area contributed by atoms with Crippen LogP contribution in [-0.4, -0.2) is 38.2 Å². The molecule has 4 aromatic carbocycles. The molecule has 2 heterocycles. The maximum absolute atomic E-state index is 12.4. The van der Waals surface area contributed by atoms with Crippen LogP contribution in [0, 0.1) is 5.92 Å². The molecule has 4 N–H and O–H groups in total. The predicted octanol–water partition coefficient (Wildman–Crippen LogP) is 6.55. The average molecular weight is 636 g/mol. The Balaban J connectivity index is 1.12. The van der Waals surface area contributed by atoms with Crippen LogP contribution in [0.3, 0.4) is 0 Å². The van der Waals surface area contributed by atoms with E-state index in [1.54, 1.807) is 11.8 Å². The molecule has 236 valence electrons. The first kappa shape index (κ1) is 31.5. The highest BCUT2D eigenvalue weighted by molar-refractivity contribution is 7.99. The second kappa shape index (κ2) is 15.2. The largest absolute Gasteiger partial charge is 0.392 e. The molecule has 0 aliphatic carbocycles. The van der Waals surface area contributed by atoms with Crippen molar-refractivity contribution >= 4 is 17.8 Å². The van der Waals surface area contributed by atoms with Crippen molar-refractivity contribution in [2.75, 3.05) is 5.75 Å². The molecule has 0 spiro atoms. The van der Waals surface area contributed by atoms with Crippen molar-refractivity contribution in [3.8, 4) is 11.1 Å². The van der Waals surface area contributed by atoms with Gasteiger partial charge in [-0.05, 0) is 39.4 Å². The van der Waals surface area contributed by atoms with Gasteiger partial charge in [-0.15, -0.1) is 0 Å². The van der Waals surface area contributed by atoms with Crippen LogP contribution in [0.15, 0.2) is 115 Å². The lowest BCUT2D eigenvalue weighted by Gasteiger charge is -2.41. The van der Waals surface area contributed by atoms with Gasteiger partial charge < -0.3 is 25.2 Å². The number of aliphatic hydroxyl groups is 1. The van der Waals surface area contributed by atoms with Gasteiger partial charge in [0.05, 0.1) is 18.8 Å². The van der Waals surface area contributed by atoms with E-state index in [2.05, 4.69) is 57.0 Å². The topological polar surface area (TPSA) is 121 Å². The van der Waals surface area contributed by atoms with E-state index in [4.69, 9.17) is 9.47 Å². The summed E-state index contributed by atoms with van der Waals surface area (Å²) in [5.74, 6) is 0.757. The number of hydrogen-bond acceptors (Lipinski definition) is 7. The zero-order valence-electron chi connectivity index (χ0n) is 25.5. The lowest BCUT2D eigenvalue weighted by atomic mass is 9.91. The summed E-state index contributed by atoms with van der Waals surface area (Å²) < 4.78 is 13.2. The van der Waals surface area contributed by atoms with Crippen molar-refractivity contribution in [2.45, 2.75) is 50.3 Å². The summed E-state index contributed by atoms with van der Waals surface area (Å²) in [4.78, 5) is 16.6. The van der Waals surface area contributed by atoms with E-state index in [-0.39, 0.29) is 30.8 Å². The molecule has 1 aliphatic rings. The molecular weight excluding hydrogens is 598 g/mol. The fraction of sp³-hybridized carbons (Fsp3) is 0.250. The SMILES string of the molecule is C[C@@H]1[C@H](CSc2ncn[nH]2)O[C@H](c2ccc(-c3cccc(CNC(=O)NCc4ccccc4)c3)cc2)O[C@@H]1c1ccc(CO)cc1. The van der Waals surface area contributed by atoms with Gasteiger partial charge >= 0.3 is 6.03 Å². The highest BCUT2D eigenvalue weighted by Gasteiger charge is 2.38. The number of aliphatic hydroxyl groups excluding tert-OH is 1. The molecule has 4 atom stereocenters. The van der Waals surface area contributed by atoms with E-state index in [1.165, 1.54) is 6.33 Å². The number of aromatic amines is 1. The van der Waals surface area contributed by atoms with Gasteiger partial charge in [0.2, 0.25) is 0 Å². The number of ether oxygens (including phenoxy) is 2. The first-order chi connectivity index (χ1) is 22.6. The number of urea groups is 1. The molecule has 0 unspecified atom stereocenters. The third-order valence-corrected chi connectivity index (χ3v) is 9.06. The molecule has 1 aliphatic heterocycles. The number of carbonyl (C=O) groups is 1. The van der Waals surface area contributed by atoms with Crippen molar-refractivity contribution in [3.05, 3.63) is 137 Å². The first-order valence-electron chi connectivity index (χ1n) is 15.3. The van der Waals surface area contributed by atoms with Gasteiger partial charge in [0.15, 0.2) is 11.4 Å². The van der Waals surface area contributed by atoms with E-state index >= 15 is 0 Å². The highest BCUT2D eigenvalue weighted by atomic mass is 32.2. The van der Waals surface area contributed by atoms with Gasteiger partial charge in [0.1, 0.15) is 6.33 Å². The zero-order chi connectivity index (χ0) is 31.7. The van der Waals surface area contributed by atoms with Crippen LogP contribution >= 0.6 is 11.8 Å². The number of nitrogens with one attached hydrogen (secondary N) is 3. The number of benzene rings is 4. The lowest BCUT2D eigenvalue weighted by Crippen LogP contribution is -2.38. The minimum absolute atomic E-state index is 0.000598. The molecule has 1 saturated heterocycles. The Bertz CT molecular complexity index is 1680. The van der Waals surface area contributed by atoms with Gasteiger partial charge in [0.25, 0.3) is 0 Å². The summed E-state index contributed by atoms with van der Waals surface area (Å²) in [6.45, 7) is 3.04. The molecule has 10 heteroatoms. The van der Waals surface area contributed by atoms with Crippen molar-refractivity contribution in [3.63, 3.8) is 0 Å². The minimum Gasteiger partial charge on any atom is -0.392 e. The molecule has 1 fully saturated rings. The van der Waals surface area contributed by atoms with E-state index in [0.29, 0.717) is 18.8 Å². The number of aromatic nitrogens is 3. The van der Waals surface area contributed by atoms with E-state index in [0.717, 1.165) is 44.1 Å². The number of thioether (sulfide) groups is 1. The number of carbonyl (C=O) groups excluding carboxylic acids is 1. The fourth-order valence-electron chi connectivity index (χ4n) is 5.45. The molecule has 0 bridgehead atoms. The average Bonchev–Trinajstić information content (AvgIpc) is 3.64. The van der Waals surface area contributed by atoms with Crippen molar-refractivity contribution in [1.82, 2.24) is 25.8 Å². The number of rotatable bonds is 11. The third kappa shape index (κ3) is 8.02. The predicted molar refractivity (Wildman–Crippen MR) is 177 cm³/mol. The molecule has 0 radical (unpaired) electrons. The van der Waals surface area contributed by atoms with Crippen LogP contribution in [0.25, 0.3) is 11.1 Å². The van der Waals surface area contributed by atoms with Crippen molar-refractivity contribution < 1.29 is 19.4 Å². The Labute approximate surface area is 272 Å². The normalized spacial score (nSPS) is 19.4. The summed E-state index contributed by atoms with van der Waals surface area (Å²) >= 11 is 1.57. The van der Waals surface area contributed by atoms with Crippen LogP contribution in [-0.2, 0) is 29.2 Å². The second-order valence-corrected chi connectivity index (χ2v) is 12.3. The Morgan fingerprint density at radius 3 is 2.26 bits per heavy atom. The number of amides is 2. The van der Waals surface area contributed by atoms with Gasteiger partial charge in [-0.25, -0.2) is 9.78 Å². The maximum Gasteiger partial charge on any atom is 0.315 e. The molecule has 2 amide bonds. The van der Waals surface area contributed by atoms with Crippen LogP contribution in [0.2, 0.25) is 0 Å². The Morgan fingerprint density at radius 2 is 1.54 bits per heavy atom. The second-order valence-electron chi connectivity index (χ2n) is 11.3. The summed E-state index contributed by atoms with van der Waals surface area (Å²) in [6, 6.07) is 33.9. The first-order valence-corrected chi connectivity index (χ1v) is 16.3. The van der Waals surface area contributed by atoms with E-state index < -0.39 is 6.29 Å². The van der Waals surface area contributed by atoms with E-state index in [9.17, 15) is 9.90 Å². The Morgan fingerprint density at radius 1 is 0.826 bits per heavy atom. The molecule has 6 rings (SSSR count). The van der Waals surface area contributed by atoms with Crippen LogP contribution < -0.4 is 10.6 Å². The molecule has 46 heavy (non-hydrogen) atoms. The molecule has 0 saturated carbocycles. The summed E-state index contributed by atoms with van der Waals surface area (Å²) in [7, 11) is 0. The van der Waals surface area contributed by atoms with Gasteiger partial charge in [-0.2, -0.15) is 5.10 Å². The minimum atomic E-state index is -0.557. The highest BCUT2D eigenvalue weighted by Crippen LogP contribution is 2.43. The summed E-state index contributed by atoms with van der Waals surface area (Å²) in [5.41, 5.74) is 6.99. The maximum atomic E-state index is 12.4. The summed E-state index contributed by atoms with van der Waals surface area (Å²) in [6.07, 6.45) is 0.645. The van der Waals surface area contributed by atoms with Crippen LogP contribution in [0.1, 0.15) is 47.1 Å². The lowest BCUT2D eigenvalue weighted by molar-refractivity contribution is -0.268. The van der Waals surface area contributed by atoms with Crippen LogP contribution in [0.4, 0.5) is 4.79 Å². The Kier molecular flexibility index (Phi) is 10.4.